The van der Waals surface area contributed by atoms with Gasteiger partial charge in [0.1, 0.15) is 11.6 Å². The van der Waals surface area contributed by atoms with E-state index < -0.39 is 0 Å². The maximum atomic E-state index is 13.8. The van der Waals surface area contributed by atoms with Crippen LogP contribution in [0, 0.1) is 11.6 Å². The molecular formula is C20H21ClF2N2. The number of nitrogens with zero attached hydrogens (tertiary/aromatic N) is 2. The second-order valence-corrected chi connectivity index (χ2v) is 6.42. The van der Waals surface area contributed by atoms with Crippen molar-refractivity contribution in [3.63, 3.8) is 0 Å². The number of fused-ring (bicyclic) bond motifs is 3. The average Bonchev–Trinajstić information content (AvgIpc) is 2.89. The van der Waals surface area contributed by atoms with Gasteiger partial charge in [-0.3, -0.25) is 4.90 Å². The van der Waals surface area contributed by atoms with Gasteiger partial charge in [0.05, 0.1) is 5.52 Å². The fourth-order valence-corrected chi connectivity index (χ4v) is 3.78. The lowest BCUT2D eigenvalue weighted by Gasteiger charge is -2.27. The molecule has 0 N–H and O–H groups in total. The van der Waals surface area contributed by atoms with Crippen LogP contribution in [0.4, 0.5) is 8.78 Å². The Morgan fingerprint density at radius 3 is 2.44 bits per heavy atom. The summed E-state index contributed by atoms with van der Waals surface area (Å²) in [5.41, 5.74) is 4.34. The van der Waals surface area contributed by atoms with E-state index in [-0.39, 0.29) is 24.0 Å². The Balaban J connectivity index is 0.00000182. The van der Waals surface area contributed by atoms with Crippen LogP contribution in [0.3, 0.4) is 0 Å². The van der Waals surface area contributed by atoms with E-state index >= 15 is 0 Å². The summed E-state index contributed by atoms with van der Waals surface area (Å²) >= 11 is 0. The van der Waals surface area contributed by atoms with Gasteiger partial charge in [0, 0.05) is 36.3 Å². The van der Waals surface area contributed by atoms with E-state index in [4.69, 9.17) is 0 Å². The van der Waals surface area contributed by atoms with Crippen molar-refractivity contribution in [1.82, 2.24) is 9.47 Å². The number of hydrogen-bond donors (Lipinski definition) is 0. The third-order valence-electron chi connectivity index (χ3n) is 4.81. The molecule has 2 heterocycles. The molecule has 0 aliphatic carbocycles. The highest BCUT2D eigenvalue weighted by atomic mass is 35.5. The highest BCUT2D eigenvalue weighted by Gasteiger charge is 2.24. The lowest BCUT2D eigenvalue weighted by Crippen LogP contribution is -2.31. The molecule has 0 spiro atoms. The molecule has 0 atom stereocenters. The summed E-state index contributed by atoms with van der Waals surface area (Å²) in [7, 11) is 0. The van der Waals surface area contributed by atoms with Gasteiger partial charge in [0.25, 0.3) is 0 Å². The van der Waals surface area contributed by atoms with Crippen molar-refractivity contribution < 1.29 is 8.78 Å². The number of rotatable bonds is 3. The molecular weight excluding hydrogens is 342 g/mol. The zero-order valence-corrected chi connectivity index (χ0v) is 15.0. The molecule has 0 fully saturated rings. The Bertz CT molecular complexity index is 887. The van der Waals surface area contributed by atoms with Gasteiger partial charge in [-0.05, 0) is 61.0 Å². The second kappa shape index (κ2) is 7.14. The highest BCUT2D eigenvalue weighted by Crippen LogP contribution is 2.34. The molecule has 1 aromatic heterocycles. The van der Waals surface area contributed by atoms with Gasteiger partial charge in [-0.15, -0.1) is 12.4 Å². The van der Waals surface area contributed by atoms with Crippen LogP contribution in [-0.2, 0) is 13.0 Å². The fraction of sp³-hybridized carbons (Fsp3) is 0.300. The van der Waals surface area contributed by atoms with Gasteiger partial charge in [0.2, 0.25) is 0 Å². The van der Waals surface area contributed by atoms with Crippen molar-refractivity contribution >= 4 is 23.3 Å². The third-order valence-corrected chi connectivity index (χ3v) is 4.81. The van der Waals surface area contributed by atoms with Crippen molar-refractivity contribution in [3.8, 4) is 5.69 Å². The number of benzene rings is 2. The normalized spacial score (nSPS) is 14.4. The molecule has 1 aliphatic rings. The van der Waals surface area contributed by atoms with Gasteiger partial charge in [-0.25, -0.2) is 8.78 Å². The smallest absolute Gasteiger partial charge is 0.123 e. The number of hydrogen-bond acceptors (Lipinski definition) is 1. The van der Waals surface area contributed by atoms with Crippen LogP contribution in [0.5, 0.6) is 0 Å². The lowest BCUT2D eigenvalue weighted by molar-refractivity contribution is 0.254. The summed E-state index contributed by atoms with van der Waals surface area (Å²) in [6.07, 6.45) is 2.03. The van der Waals surface area contributed by atoms with E-state index in [1.165, 1.54) is 29.5 Å². The lowest BCUT2D eigenvalue weighted by atomic mass is 10.0. The minimum absolute atomic E-state index is 0. The predicted molar refractivity (Wildman–Crippen MR) is 99.7 cm³/mol. The van der Waals surface area contributed by atoms with Gasteiger partial charge in [-0.2, -0.15) is 0 Å². The Morgan fingerprint density at radius 2 is 1.72 bits per heavy atom. The third kappa shape index (κ3) is 3.16. The van der Waals surface area contributed by atoms with Crippen LogP contribution in [-0.4, -0.2) is 22.6 Å². The molecule has 3 aromatic rings. The van der Waals surface area contributed by atoms with Crippen LogP contribution in [0.25, 0.3) is 16.6 Å². The van der Waals surface area contributed by atoms with Crippen LogP contribution >= 0.6 is 12.4 Å². The molecule has 4 rings (SSSR count). The van der Waals surface area contributed by atoms with Crippen LogP contribution in [0.15, 0.2) is 42.5 Å². The molecule has 132 valence electrons. The molecule has 2 aromatic carbocycles. The van der Waals surface area contributed by atoms with Crippen molar-refractivity contribution in [2.24, 2.45) is 0 Å². The van der Waals surface area contributed by atoms with E-state index in [9.17, 15) is 8.78 Å². The van der Waals surface area contributed by atoms with Crippen LogP contribution < -0.4 is 0 Å². The molecule has 0 unspecified atom stereocenters. The zero-order valence-electron chi connectivity index (χ0n) is 14.1. The van der Waals surface area contributed by atoms with E-state index in [1.807, 2.05) is 6.07 Å². The van der Waals surface area contributed by atoms with Crippen LogP contribution in [0.2, 0.25) is 0 Å². The van der Waals surface area contributed by atoms with Crippen molar-refractivity contribution in [1.29, 1.82) is 0 Å². The second-order valence-electron chi connectivity index (χ2n) is 6.42. The van der Waals surface area contributed by atoms with Gasteiger partial charge in [0.15, 0.2) is 0 Å². The highest BCUT2D eigenvalue weighted by molar-refractivity contribution is 5.87. The first-order valence-corrected chi connectivity index (χ1v) is 8.47. The average molecular weight is 363 g/mol. The molecule has 2 nitrogen and oxygen atoms in total. The monoisotopic (exact) mass is 362 g/mol. The Morgan fingerprint density at radius 1 is 1.00 bits per heavy atom. The molecule has 1 aliphatic heterocycles. The summed E-state index contributed by atoms with van der Waals surface area (Å²) in [6, 6.07) is 11.5. The maximum absolute atomic E-state index is 13.8. The molecule has 25 heavy (non-hydrogen) atoms. The fourth-order valence-electron chi connectivity index (χ4n) is 3.78. The maximum Gasteiger partial charge on any atom is 0.123 e. The van der Waals surface area contributed by atoms with E-state index in [0.29, 0.717) is 0 Å². The van der Waals surface area contributed by atoms with Gasteiger partial charge < -0.3 is 4.57 Å². The molecule has 5 heteroatoms. The van der Waals surface area contributed by atoms with E-state index in [0.717, 1.165) is 49.1 Å². The summed E-state index contributed by atoms with van der Waals surface area (Å²) in [6.45, 7) is 5.08. The molecule has 0 bridgehead atoms. The molecule has 0 radical (unpaired) electrons. The zero-order chi connectivity index (χ0) is 16.7. The summed E-state index contributed by atoms with van der Waals surface area (Å²) in [4.78, 5) is 2.42. The van der Waals surface area contributed by atoms with Gasteiger partial charge >= 0.3 is 0 Å². The van der Waals surface area contributed by atoms with Crippen molar-refractivity contribution in [2.45, 2.75) is 26.3 Å². The van der Waals surface area contributed by atoms with Crippen LogP contribution in [0.1, 0.15) is 24.6 Å². The summed E-state index contributed by atoms with van der Waals surface area (Å²) in [5, 5.41) is 0.968. The molecule has 0 saturated heterocycles. The van der Waals surface area contributed by atoms with Gasteiger partial charge in [-0.1, -0.05) is 6.92 Å². The quantitative estimate of drug-likeness (QED) is 0.629. The minimum atomic E-state index is -0.246. The first-order chi connectivity index (χ1) is 11.7. The SMILES string of the molecule is CCCN1CCc2c(c3cc(F)ccc3n2-c2ccc(F)cc2)C1.Cl. The summed E-state index contributed by atoms with van der Waals surface area (Å²) < 4.78 is 29.3. The number of halogens is 3. The summed E-state index contributed by atoms with van der Waals surface area (Å²) in [5.74, 6) is -0.460. The van der Waals surface area contributed by atoms with E-state index in [2.05, 4.69) is 16.4 Å². The first-order valence-electron chi connectivity index (χ1n) is 8.47. The number of aromatic nitrogens is 1. The Labute approximate surface area is 152 Å². The first kappa shape index (κ1) is 17.9. The largest absolute Gasteiger partial charge is 0.313 e. The van der Waals surface area contributed by atoms with Crippen molar-refractivity contribution in [2.75, 3.05) is 13.1 Å². The minimum Gasteiger partial charge on any atom is -0.313 e. The molecule has 0 saturated carbocycles. The Hall–Kier alpha value is -1.91. The van der Waals surface area contributed by atoms with E-state index in [1.54, 1.807) is 18.2 Å². The molecule has 0 amide bonds. The Kier molecular flexibility index (Phi) is 5.11. The van der Waals surface area contributed by atoms with Crippen molar-refractivity contribution in [3.05, 3.63) is 65.4 Å². The predicted octanol–water partition coefficient (Wildman–Crippen LogP) is 5.10. The standard InChI is InChI=1S/C20H20F2N2.ClH/c1-2-10-23-11-9-20-18(13-23)17-12-15(22)5-8-19(17)24(20)16-6-3-14(21)4-7-16;/h3-8,12H,2,9-11,13H2,1H3;1H. The topological polar surface area (TPSA) is 8.17 Å².